The van der Waals surface area contributed by atoms with Gasteiger partial charge in [0.2, 0.25) is 0 Å². The highest BCUT2D eigenvalue weighted by Crippen LogP contribution is 2.57. The third kappa shape index (κ3) is 4.10. The van der Waals surface area contributed by atoms with Gasteiger partial charge < -0.3 is 14.2 Å². The molecule has 0 N–H and O–H groups in total. The lowest BCUT2D eigenvalue weighted by Crippen LogP contribution is -2.29. The molecule has 8 rings (SSSR count). The number of hydrogen-bond acceptors (Lipinski definition) is 6. The average Bonchev–Trinajstić information content (AvgIpc) is 3.92. The summed E-state index contributed by atoms with van der Waals surface area (Å²) in [6.07, 6.45) is 9.29. The molecule has 3 aromatic carbocycles. The third-order valence-electron chi connectivity index (χ3n) is 10.6. The van der Waals surface area contributed by atoms with E-state index >= 15 is 0 Å². The summed E-state index contributed by atoms with van der Waals surface area (Å²) in [4.78, 5) is 38.8. The Bertz CT molecular complexity index is 1450. The molecule has 1 aliphatic heterocycles. The van der Waals surface area contributed by atoms with Gasteiger partial charge in [0.15, 0.2) is 5.60 Å². The molecule has 0 amide bonds. The van der Waals surface area contributed by atoms with Crippen LogP contribution in [0.1, 0.15) is 78.4 Å². The molecule has 4 unspecified atom stereocenters. The zero-order chi connectivity index (χ0) is 28.4. The maximum atomic E-state index is 13.1. The number of cyclic esters (lactones) is 1. The highest BCUT2D eigenvalue weighted by Gasteiger charge is 2.57. The first kappa shape index (κ1) is 25.8. The molecule has 4 atom stereocenters. The SMILES string of the molecule is O=C1OC(c2ccc(OC(=O)C3C4CCCCC43)cc2)(c2ccc(OC(=O)C3C4CCCCC43)cc2)c2ccccc21. The Balaban J connectivity index is 1.06. The molecule has 5 aliphatic rings. The van der Waals surface area contributed by atoms with Gasteiger partial charge in [0, 0.05) is 16.7 Å². The van der Waals surface area contributed by atoms with Crippen molar-refractivity contribution in [3.63, 3.8) is 0 Å². The van der Waals surface area contributed by atoms with E-state index in [1.54, 1.807) is 30.3 Å². The quantitative estimate of drug-likeness (QED) is 0.242. The molecule has 3 aromatic rings. The monoisotopic (exact) mass is 562 g/mol. The molecule has 0 bridgehead atoms. The summed E-state index contributed by atoms with van der Waals surface area (Å²) in [5.41, 5.74) is 1.56. The Morgan fingerprint density at radius 2 is 1.05 bits per heavy atom. The lowest BCUT2D eigenvalue weighted by atomic mass is 9.80. The van der Waals surface area contributed by atoms with Crippen LogP contribution in [-0.4, -0.2) is 17.9 Å². The normalized spacial score (nSPS) is 32.0. The smallest absolute Gasteiger partial charge is 0.340 e. The fraction of sp³-hybridized carbons (Fsp3) is 0.417. The number of fused-ring (bicyclic) bond motifs is 3. The van der Waals surface area contributed by atoms with E-state index in [1.807, 2.05) is 42.5 Å². The summed E-state index contributed by atoms with van der Waals surface area (Å²) in [7, 11) is 0. The molecule has 4 fully saturated rings. The van der Waals surface area contributed by atoms with Crippen LogP contribution in [0.3, 0.4) is 0 Å². The van der Waals surface area contributed by atoms with Crippen molar-refractivity contribution in [2.24, 2.45) is 35.5 Å². The van der Waals surface area contributed by atoms with Gasteiger partial charge in [0.25, 0.3) is 0 Å². The van der Waals surface area contributed by atoms with Crippen LogP contribution < -0.4 is 9.47 Å². The Labute approximate surface area is 245 Å². The molecular weight excluding hydrogens is 528 g/mol. The number of carbonyl (C=O) groups is 3. The first-order chi connectivity index (χ1) is 20.5. The van der Waals surface area contributed by atoms with Gasteiger partial charge in [0.1, 0.15) is 11.5 Å². The van der Waals surface area contributed by atoms with Crippen molar-refractivity contribution in [2.45, 2.75) is 57.0 Å². The van der Waals surface area contributed by atoms with E-state index in [-0.39, 0.29) is 23.8 Å². The van der Waals surface area contributed by atoms with Gasteiger partial charge in [-0.2, -0.15) is 0 Å². The van der Waals surface area contributed by atoms with Crippen LogP contribution in [0.5, 0.6) is 11.5 Å². The van der Waals surface area contributed by atoms with E-state index in [0.717, 1.165) is 42.4 Å². The first-order valence-electron chi connectivity index (χ1n) is 15.5. The topological polar surface area (TPSA) is 78.9 Å². The lowest BCUT2D eigenvalue weighted by Gasteiger charge is -2.30. The van der Waals surface area contributed by atoms with Crippen molar-refractivity contribution in [3.05, 3.63) is 95.1 Å². The van der Waals surface area contributed by atoms with E-state index in [9.17, 15) is 14.4 Å². The maximum absolute atomic E-state index is 13.1. The molecule has 0 spiro atoms. The van der Waals surface area contributed by atoms with Gasteiger partial charge >= 0.3 is 17.9 Å². The van der Waals surface area contributed by atoms with Crippen molar-refractivity contribution in [1.29, 1.82) is 0 Å². The van der Waals surface area contributed by atoms with Crippen LogP contribution >= 0.6 is 0 Å². The van der Waals surface area contributed by atoms with E-state index in [1.165, 1.54) is 25.7 Å². The standard InChI is InChI=1S/C36H34O6/c37-33-29-11-5-6-12-30(29)36(42-33,21-13-17-23(18-14-21)40-34(38)31-25-7-1-2-8-26(25)31)22-15-19-24(20-16-22)41-35(39)32-27-9-3-4-10-28(27)32/h5-6,11-20,25-28,31-32H,1-4,7-10H2. The number of ether oxygens (including phenoxy) is 3. The second kappa shape index (κ2) is 9.82. The predicted molar refractivity (Wildman–Crippen MR) is 154 cm³/mol. The largest absolute Gasteiger partial charge is 0.441 e. The minimum Gasteiger partial charge on any atom is -0.441 e. The zero-order valence-electron chi connectivity index (χ0n) is 23.5. The molecule has 6 nitrogen and oxygen atoms in total. The van der Waals surface area contributed by atoms with E-state index in [0.29, 0.717) is 40.7 Å². The van der Waals surface area contributed by atoms with Crippen LogP contribution in [0.4, 0.5) is 0 Å². The van der Waals surface area contributed by atoms with Crippen LogP contribution in [0.25, 0.3) is 0 Å². The van der Waals surface area contributed by atoms with Gasteiger partial charge in [-0.05, 0) is 79.7 Å². The van der Waals surface area contributed by atoms with Gasteiger partial charge in [-0.1, -0.05) is 68.1 Å². The Hall–Kier alpha value is -3.93. The molecular formula is C36H34O6. The summed E-state index contributed by atoms with van der Waals surface area (Å²) in [6, 6.07) is 22.0. The second-order valence-electron chi connectivity index (χ2n) is 12.8. The Morgan fingerprint density at radius 3 is 1.50 bits per heavy atom. The molecule has 0 saturated heterocycles. The van der Waals surface area contributed by atoms with Crippen LogP contribution in [0.2, 0.25) is 0 Å². The molecule has 6 heteroatoms. The van der Waals surface area contributed by atoms with Gasteiger partial charge in [-0.15, -0.1) is 0 Å². The van der Waals surface area contributed by atoms with E-state index in [4.69, 9.17) is 14.2 Å². The number of esters is 3. The van der Waals surface area contributed by atoms with Crippen molar-refractivity contribution in [1.82, 2.24) is 0 Å². The third-order valence-corrected chi connectivity index (χ3v) is 10.6. The molecule has 4 saturated carbocycles. The average molecular weight is 563 g/mol. The van der Waals surface area contributed by atoms with E-state index < -0.39 is 11.6 Å². The Morgan fingerprint density at radius 1 is 0.619 bits per heavy atom. The predicted octanol–water partition coefficient (Wildman–Crippen LogP) is 6.83. The molecule has 1 heterocycles. The summed E-state index contributed by atoms with van der Waals surface area (Å²) < 4.78 is 17.8. The minimum atomic E-state index is -1.18. The second-order valence-corrected chi connectivity index (χ2v) is 12.8. The molecule has 4 aliphatic carbocycles. The highest BCUT2D eigenvalue weighted by molar-refractivity contribution is 5.96. The fourth-order valence-corrected chi connectivity index (χ4v) is 8.38. The van der Waals surface area contributed by atoms with Crippen LogP contribution in [-0.2, 0) is 19.9 Å². The lowest BCUT2D eigenvalue weighted by molar-refractivity contribution is -0.137. The number of rotatable bonds is 6. The molecule has 0 radical (unpaired) electrons. The van der Waals surface area contributed by atoms with Gasteiger partial charge in [-0.25, -0.2) is 4.79 Å². The van der Waals surface area contributed by atoms with Gasteiger partial charge in [-0.3, -0.25) is 9.59 Å². The number of benzene rings is 3. The fourth-order valence-electron chi connectivity index (χ4n) is 8.38. The maximum Gasteiger partial charge on any atom is 0.340 e. The zero-order valence-corrected chi connectivity index (χ0v) is 23.5. The Kier molecular flexibility index (Phi) is 6.02. The van der Waals surface area contributed by atoms with Crippen LogP contribution in [0, 0.1) is 35.5 Å². The number of hydrogen-bond donors (Lipinski definition) is 0. The highest BCUT2D eigenvalue weighted by atomic mass is 16.6. The van der Waals surface area contributed by atoms with Crippen molar-refractivity contribution < 1.29 is 28.6 Å². The van der Waals surface area contributed by atoms with Crippen molar-refractivity contribution in [3.8, 4) is 11.5 Å². The summed E-state index contributed by atoms with van der Waals surface area (Å²) in [5, 5.41) is 0. The number of carbonyl (C=O) groups excluding carboxylic acids is 3. The minimum absolute atomic E-state index is 0.0257. The molecule has 0 aromatic heterocycles. The summed E-state index contributed by atoms with van der Waals surface area (Å²) in [5.74, 6) is 2.30. The molecule has 42 heavy (non-hydrogen) atoms. The summed E-state index contributed by atoms with van der Waals surface area (Å²) >= 11 is 0. The van der Waals surface area contributed by atoms with Crippen LogP contribution in [0.15, 0.2) is 72.8 Å². The van der Waals surface area contributed by atoms with E-state index in [2.05, 4.69) is 0 Å². The molecule has 214 valence electrons. The van der Waals surface area contributed by atoms with Crippen molar-refractivity contribution >= 4 is 17.9 Å². The first-order valence-corrected chi connectivity index (χ1v) is 15.5. The summed E-state index contributed by atoms with van der Waals surface area (Å²) in [6.45, 7) is 0. The van der Waals surface area contributed by atoms with Crippen molar-refractivity contribution in [2.75, 3.05) is 0 Å². The van der Waals surface area contributed by atoms with Gasteiger partial charge in [0.05, 0.1) is 17.4 Å².